The lowest BCUT2D eigenvalue weighted by molar-refractivity contribution is 0.462. The zero-order valence-corrected chi connectivity index (χ0v) is 8.59. The standard InChI is InChI=1S/C12H16N/c1-12(2)8-9-13(3)11-7-5-4-6-10(11)12/h4,6-7H,8-9H2,1-3H3. The van der Waals surface area contributed by atoms with E-state index in [2.05, 4.69) is 44.0 Å². The number of hydrogen-bond donors (Lipinski definition) is 0. The predicted molar refractivity (Wildman–Crippen MR) is 56.2 cm³/mol. The molecule has 0 saturated heterocycles. The molecule has 0 atom stereocenters. The van der Waals surface area contributed by atoms with Gasteiger partial charge in [-0.3, -0.25) is 0 Å². The second kappa shape index (κ2) is 2.76. The van der Waals surface area contributed by atoms with Gasteiger partial charge in [-0.1, -0.05) is 26.0 Å². The van der Waals surface area contributed by atoms with Gasteiger partial charge in [0.25, 0.3) is 0 Å². The Bertz CT molecular complexity index is 315. The summed E-state index contributed by atoms with van der Waals surface area (Å²) in [6.07, 6.45) is 1.24. The zero-order valence-electron chi connectivity index (χ0n) is 8.59. The molecule has 0 bridgehead atoms. The van der Waals surface area contributed by atoms with Crippen molar-refractivity contribution in [2.24, 2.45) is 0 Å². The summed E-state index contributed by atoms with van der Waals surface area (Å²) in [6, 6.07) is 9.45. The van der Waals surface area contributed by atoms with Gasteiger partial charge in [-0.05, 0) is 29.5 Å². The normalized spacial score (nSPS) is 19.8. The highest BCUT2D eigenvalue weighted by Crippen LogP contribution is 2.38. The van der Waals surface area contributed by atoms with E-state index in [4.69, 9.17) is 0 Å². The molecular formula is C12H16N. The SMILES string of the molecule is CN1CCC(C)(C)c2cc[c]cc21. The molecule has 1 aromatic rings. The molecule has 0 spiro atoms. The Balaban J connectivity index is 2.55. The van der Waals surface area contributed by atoms with Crippen molar-refractivity contribution in [1.82, 2.24) is 0 Å². The first-order valence-corrected chi connectivity index (χ1v) is 4.83. The molecule has 1 nitrogen and oxygen atoms in total. The molecule has 0 N–H and O–H groups in total. The monoisotopic (exact) mass is 174 g/mol. The molecule has 69 valence electrons. The highest BCUT2D eigenvalue weighted by Gasteiger charge is 2.28. The molecule has 1 heterocycles. The quantitative estimate of drug-likeness (QED) is 0.584. The van der Waals surface area contributed by atoms with Crippen molar-refractivity contribution in [3.63, 3.8) is 0 Å². The van der Waals surface area contributed by atoms with E-state index in [9.17, 15) is 0 Å². The molecular weight excluding hydrogens is 158 g/mol. The molecule has 0 aliphatic carbocycles. The Morgan fingerprint density at radius 3 is 2.92 bits per heavy atom. The summed E-state index contributed by atoms with van der Waals surface area (Å²) in [5.41, 5.74) is 3.13. The summed E-state index contributed by atoms with van der Waals surface area (Å²) in [5.74, 6) is 0. The molecule has 1 radical (unpaired) electrons. The maximum Gasteiger partial charge on any atom is 0.0407 e. The van der Waals surface area contributed by atoms with Crippen molar-refractivity contribution in [2.75, 3.05) is 18.5 Å². The molecule has 1 aromatic carbocycles. The highest BCUT2D eigenvalue weighted by molar-refractivity contribution is 5.57. The van der Waals surface area contributed by atoms with Crippen LogP contribution in [0.2, 0.25) is 0 Å². The predicted octanol–water partition coefficient (Wildman–Crippen LogP) is 2.60. The number of anilines is 1. The van der Waals surface area contributed by atoms with Crippen LogP contribution in [0.3, 0.4) is 0 Å². The molecule has 1 heteroatoms. The minimum atomic E-state index is 0.330. The van der Waals surface area contributed by atoms with Crippen molar-refractivity contribution in [3.8, 4) is 0 Å². The Morgan fingerprint density at radius 1 is 1.46 bits per heavy atom. The second-order valence-corrected chi connectivity index (χ2v) is 4.50. The summed E-state index contributed by atoms with van der Waals surface area (Å²) in [6.45, 7) is 5.79. The van der Waals surface area contributed by atoms with Crippen LogP contribution in [0.15, 0.2) is 18.2 Å². The molecule has 0 amide bonds. The van der Waals surface area contributed by atoms with Crippen molar-refractivity contribution in [1.29, 1.82) is 0 Å². The molecule has 0 fully saturated rings. The first-order chi connectivity index (χ1) is 6.11. The van der Waals surface area contributed by atoms with Gasteiger partial charge in [-0.25, -0.2) is 0 Å². The Kier molecular flexibility index (Phi) is 1.83. The van der Waals surface area contributed by atoms with Gasteiger partial charge < -0.3 is 4.90 Å². The van der Waals surface area contributed by atoms with Crippen molar-refractivity contribution < 1.29 is 0 Å². The van der Waals surface area contributed by atoms with Crippen LogP contribution in [0.5, 0.6) is 0 Å². The van der Waals surface area contributed by atoms with Crippen molar-refractivity contribution in [2.45, 2.75) is 25.7 Å². The average molecular weight is 174 g/mol. The third-order valence-corrected chi connectivity index (χ3v) is 3.05. The maximum absolute atomic E-state index is 3.15. The van der Waals surface area contributed by atoms with E-state index in [1.807, 2.05) is 6.07 Å². The smallest absolute Gasteiger partial charge is 0.0407 e. The van der Waals surface area contributed by atoms with Crippen LogP contribution in [-0.2, 0) is 5.41 Å². The first kappa shape index (κ1) is 8.61. The van der Waals surface area contributed by atoms with E-state index in [-0.39, 0.29) is 0 Å². The molecule has 0 unspecified atom stereocenters. The first-order valence-electron chi connectivity index (χ1n) is 4.83. The lowest BCUT2D eigenvalue weighted by atomic mass is 9.78. The average Bonchev–Trinajstić information content (AvgIpc) is 2.13. The number of rotatable bonds is 0. The Labute approximate surface area is 80.4 Å². The van der Waals surface area contributed by atoms with Crippen LogP contribution in [0.1, 0.15) is 25.8 Å². The lowest BCUT2D eigenvalue weighted by Crippen LogP contribution is -2.34. The van der Waals surface area contributed by atoms with Gasteiger partial charge in [0.15, 0.2) is 0 Å². The minimum absolute atomic E-state index is 0.330. The van der Waals surface area contributed by atoms with E-state index in [0.29, 0.717) is 5.41 Å². The van der Waals surface area contributed by atoms with Crippen LogP contribution in [-0.4, -0.2) is 13.6 Å². The molecule has 0 saturated carbocycles. The van der Waals surface area contributed by atoms with Crippen LogP contribution >= 0.6 is 0 Å². The molecule has 0 aromatic heterocycles. The summed E-state index contributed by atoms with van der Waals surface area (Å²) in [4.78, 5) is 2.32. The van der Waals surface area contributed by atoms with Gasteiger partial charge >= 0.3 is 0 Å². The van der Waals surface area contributed by atoms with E-state index in [1.54, 1.807) is 0 Å². The van der Waals surface area contributed by atoms with Crippen LogP contribution in [0.4, 0.5) is 5.69 Å². The second-order valence-electron chi connectivity index (χ2n) is 4.50. The summed E-state index contributed by atoms with van der Waals surface area (Å²) in [5, 5.41) is 0. The molecule has 2 rings (SSSR count). The Morgan fingerprint density at radius 2 is 2.23 bits per heavy atom. The molecule has 13 heavy (non-hydrogen) atoms. The van der Waals surface area contributed by atoms with Gasteiger partial charge in [0, 0.05) is 19.3 Å². The fourth-order valence-corrected chi connectivity index (χ4v) is 2.01. The highest BCUT2D eigenvalue weighted by atomic mass is 15.1. The summed E-state index contributed by atoms with van der Waals surface area (Å²) >= 11 is 0. The van der Waals surface area contributed by atoms with Crippen LogP contribution in [0.25, 0.3) is 0 Å². The van der Waals surface area contributed by atoms with Gasteiger partial charge in [-0.15, -0.1) is 0 Å². The van der Waals surface area contributed by atoms with Gasteiger partial charge in [-0.2, -0.15) is 0 Å². The van der Waals surface area contributed by atoms with Crippen molar-refractivity contribution in [3.05, 3.63) is 29.8 Å². The van der Waals surface area contributed by atoms with E-state index >= 15 is 0 Å². The van der Waals surface area contributed by atoms with E-state index in [1.165, 1.54) is 17.7 Å². The fourth-order valence-electron chi connectivity index (χ4n) is 2.01. The maximum atomic E-state index is 3.15. The molecule has 1 aliphatic heterocycles. The minimum Gasteiger partial charge on any atom is -0.374 e. The third-order valence-electron chi connectivity index (χ3n) is 3.05. The largest absolute Gasteiger partial charge is 0.374 e. The number of benzene rings is 1. The lowest BCUT2D eigenvalue weighted by Gasteiger charge is -2.38. The third kappa shape index (κ3) is 1.32. The van der Waals surface area contributed by atoms with E-state index in [0.717, 1.165) is 6.54 Å². The zero-order chi connectivity index (χ0) is 9.47. The molecule has 1 aliphatic rings. The van der Waals surface area contributed by atoms with Gasteiger partial charge in [0.05, 0.1) is 0 Å². The van der Waals surface area contributed by atoms with Crippen LogP contribution in [0, 0.1) is 6.07 Å². The topological polar surface area (TPSA) is 3.24 Å². The van der Waals surface area contributed by atoms with Crippen LogP contribution < -0.4 is 4.90 Å². The Hall–Kier alpha value is -0.980. The summed E-state index contributed by atoms with van der Waals surface area (Å²) in [7, 11) is 2.15. The van der Waals surface area contributed by atoms with Gasteiger partial charge in [0.1, 0.15) is 0 Å². The fraction of sp³-hybridized carbons (Fsp3) is 0.500. The number of fused-ring (bicyclic) bond motifs is 1. The summed E-state index contributed by atoms with van der Waals surface area (Å²) < 4.78 is 0. The number of hydrogen-bond acceptors (Lipinski definition) is 1. The van der Waals surface area contributed by atoms with Gasteiger partial charge in [0.2, 0.25) is 0 Å². The number of nitrogens with zero attached hydrogens (tertiary/aromatic N) is 1. The van der Waals surface area contributed by atoms with Crippen molar-refractivity contribution >= 4 is 5.69 Å². The van der Waals surface area contributed by atoms with E-state index < -0.39 is 0 Å².